The highest BCUT2D eigenvalue weighted by Crippen LogP contribution is 2.32. The zero-order valence-electron chi connectivity index (χ0n) is 13.6. The Balaban J connectivity index is 1.70. The lowest BCUT2D eigenvalue weighted by molar-refractivity contribution is -0.138. The maximum atomic E-state index is 13.1. The van der Waals surface area contributed by atoms with Gasteiger partial charge >= 0.3 is 6.18 Å². The van der Waals surface area contributed by atoms with E-state index in [1.54, 1.807) is 6.20 Å². The van der Waals surface area contributed by atoms with E-state index < -0.39 is 17.6 Å². The van der Waals surface area contributed by atoms with Crippen LogP contribution in [0.3, 0.4) is 0 Å². The average molecular weight is 352 g/mol. The Morgan fingerprint density at radius 2 is 1.92 bits per heavy atom. The maximum absolute atomic E-state index is 13.1. The van der Waals surface area contributed by atoms with Gasteiger partial charge in [0.2, 0.25) is 0 Å². The van der Waals surface area contributed by atoms with Crippen molar-refractivity contribution >= 4 is 5.91 Å². The van der Waals surface area contributed by atoms with Gasteiger partial charge in [0.25, 0.3) is 5.91 Å². The number of halogens is 3. The average Bonchev–Trinajstić information content (AvgIpc) is 2.98. The maximum Gasteiger partial charge on any atom is 0.417 e. The van der Waals surface area contributed by atoms with Gasteiger partial charge in [0, 0.05) is 44.6 Å². The van der Waals surface area contributed by atoms with Crippen LogP contribution >= 0.6 is 0 Å². The van der Waals surface area contributed by atoms with Crippen LogP contribution in [-0.2, 0) is 12.7 Å². The summed E-state index contributed by atoms with van der Waals surface area (Å²) < 4.78 is 39.4. The van der Waals surface area contributed by atoms with Crippen LogP contribution in [0.15, 0.2) is 36.5 Å². The number of benzene rings is 1. The molecule has 1 fully saturated rings. The summed E-state index contributed by atoms with van der Waals surface area (Å²) in [5, 5.41) is 6.80. The van der Waals surface area contributed by atoms with Crippen LogP contribution in [0.2, 0.25) is 0 Å². The molecule has 1 aromatic heterocycles. The number of aromatic amines is 1. The molecule has 1 N–H and O–H groups in total. The van der Waals surface area contributed by atoms with Crippen molar-refractivity contribution in [3.63, 3.8) is 0 Å². The van der Waals surface area contributed by atoms with Gasteiger partial charge in [0.05, 0.1) is 11.1 Å². The number of carbonyl (C=O) groups is 1. The van der Waals surface area contributed by atoms with E-state index in [4.69, 9.17) is 0 Å². The number of alkyl halides is 3. The lowest BCUT2D eigenvalue weighted by Gasteiger charge is -2.23. The van der Waals surface area contributed by atoms with Crippen molar-refractivity contribution in [1.82, 2.24) is 20.0 Å². The minimum atomic E-state index is -4.54. The number of H-pyrrole nitrogens is 1. The number of hydrogen-bond donors (Lipinski definition) is 1. The van der Waals surface area contributed by atoms with Crippen LogP contribution in [-0.4, -0.2) is 52.1 Å². The molecule has 1 saturated heterocycles. The van der Waals surface area contributed by atoms with Gasteiger partial charge in [0.15, 0.2) is 0 Å². The van der Waals surface area contributed by atoms with Crippen molar-refractivity contribution < 1.29 is 18.0 Å². The van der Waals surface area contributed by atoms with Gasteiger partial charge in [-0.25, -0.2) is 0 Å². The van der Waals surface area contributed by atoms with Crippen molar-refractivity contribution in [3.05, 3.63) is 53.3 Å². The molecule has 8 heteroatoms. The Morgan fingerprint density at radius 1 is 1.12 bits per heavy atom. The first-order chi connectivity index (χ1) is 11.9. The molecule has 1 aliphatic heterocycles. The third-order valence-electron chi connectivity index (χ3n) is 4.29. The second-order valence-electron chi connectivity index (χ2n) is 6.05. The van der Waals surface area contributed by atoms with Crippen molar-refractivity contribution in [2.24, 2.45) is 0 Å². The quantitative estimate of drug-likeness (QED) is 0.924. The molecule has 0 bridgehead atoms. The number of rotatable bonds is 3. The Labute approximate surface area is 143 Å². The fraction of sp³-hybridized carbons (Fsp3) is 0.412. The molecular formula is C17H19F3N4O. The summed E-state index contributed by atoms with van der Waals surface area (Å²) in [7, 11) is 0. The molecule has 1 amide bonds. The highest BCUT2D eigenvalue weighted by molar-refractivity contribution is 5.96. The first-order valence-corrected chi connectivity index (χ1v) is 8.11. The molecule has 0 atom stereocenters. The van der Waals surface area contributed by atoms with Crippen LogP contribution < -0.4 is 0 Å². The second-order valence-corrected chi connectivity index (χ2v) is 6.05. The summed E-state index contributed by atoms with van der Waals surface area (Å²) in [6.45, 7) is 2.92. The molecule has 0 aliphatic carbocycles. The Kier molecular flexibility index (Phi) is 5.08. The Hall–Kier alpha value is -2.35. The van der Waals surface area contributed by atoms with Crippen molar-refractivity contribution in [1.29, 1.82) is 0 Å². The molecule has 134 valence electrons. The van der Waals surface area contributed by atoms with Gasteiger partial charge in [-0.3, -0.25) is 14.8 Å². The van der Waals surface area contributed by atoms with Gasteiger partial charge in [-0.15, -0.1) is 0 Å². The highest BCUT2D eigenvalue weighted by Gasteiger charge is 2.36. The summed E-state index contributed by atoms with van der Waals surface area (Å²) in [5.74, 6) is -0.559. The largest absolute Gasteiger partial charge is 0.417 e. The van der Waals surface area contributed by atoms with E-state index in [2.05, 4.69) is 15.1 Å². The topological polar surface area (TPSA) is 52.2 Å². The third kappa shape index (κ3) is 4.19. The minimum Gasteiger partial charge on any atom is -0.337 e. The van der Waals surface area contributed by atoms with E-state index in [9.17, 15) is 18.0 Å². The molecule has 5 nitrogen and oxygen atoms in total. The van der Waals surface area contributed by atoms with Crippen LogP contribution in [0.25, 0.3) is 0 Å². The van der Waals surface area contributed by atoms with Crippen LogP contribution in [0.1, 0.15) is 28.0 Å². The van der Waals surface area contributed by atoms with Crippen LogP contribution in [0.5, 0.6) is 0 Å². The van der Waals surface area contributed by atoms with E-state index in [1.165, 1.54) is 23.1 Å². The molecular weight excluding hydrogens is 333 g/mol. The lowest BCUT2D eigenvalue weighted by atomic mass is 10.1. The Bertz CT molecular complexity index is 715. The first-order valence-electron chi connectivity index (χ1n) is 8.11. The number of nitrogens with zero attached hydrogens (tertiary/aromatic N) is 3. The Morgan fingerprint density at radius 3 is 2.64 bits per heavy atom. The van der Waals surface area contributed by atoms with Gasteiger partial charge in [-0.05, 0) is 24.6 Å². The molecule has 2 aromatic rings. The summed E-state index contributed by atoms with van der Waals surface area (Å²) in [6.07, 6.45) is -2.14. The number of aromatic nitrogens is 2. The van der Waals surface area contributed by atoms with Crippen molar-refractivity contribution in [2.75, 3.05) is 26.2 Å². The summed E-state index contributed by atoms with van der Waals surface area (Å²) in [4.78, 5) is 16.3. The molecule has 0 unspecified atom stereocenters. The zero-order valence-corrected chi connectivity index (χ0v) is 13.6. The zero-order chi connectivity index (χ0) is 17.9. The van der Waals surface area contributed by atoms with Gasteiger partial charge in [-0.1, -0.05) is 12.1 Å². The van der Waals surface area contributed by atoms with E-state index in [-0.39, 0.29) is 5.56 Å². The van der Waals surface area contributed by atoms with Crippen LogP contribution in [0.4, 0.5) is 13.2 Å². The van der Waals surface area contributed by atoms with E-state index in [0.29, 0.717) is 32.6 Å². The van der Waals surface area contributed by atoms with Gasteiger partial charge in [0.1, 0.15) is 0 Å². The molecule has 3 rings (SSSR count). The van der Waals surface area contributed by atoms with Crippen molar-refractivity contribution in [2.45, 2.75) is 19.1 Å². The standard InChI is InChI=1S/C17H19F3N4O/c18-17(19,20)15-5-2-1-4-14(15)16(25)24-9-3-8-23(10-11-24)12-13-6-7-21-22-13/h1-2,4-7H,3,8-12H2,(H,21,22). The molecule has 0 saturated carbocycles. The number of nitrogens with one attached hydrogen (secondary N) is 1. The van der Waals surface area contributed by atoms with E-state index in [1.807, 2.05) is 6.07 Å². The number of hydrogen-bond acceptors (Lipinski definition) is 3. The highest BCUT2D eigenvalue weighted by atomic mass is 19.4. The predicted molar refractivity (Wildman–Crippen MR) is 85.8 cm³/mol. The number of carbonyl (C=O) groups excluding carboxylic acids is 1. The van der Waals surface area contributed by atoms with E-state index in [0.717, 1.165) is 18.3 Å². The van der Waals surface area contributed by atoms with Gasteiger partial charge < -0.3 is 4.90 Å². The summed E-state index contributed by atoms with van der Waals surface area (Å²) >= 11 is 0. The predicted octanol–water partition coefficient (Wildman–Crippen LogP) is 2.78. The lowest BCUT2D eigenvalue weighted by Crippen LogP contribution is -2.36. The van der Waals surface area contributed by atoms with Gasteiger partial charge in [-0.2, -0.15) is 18.3 Å². The molecule has 2 heterocycles. The first kappa shape index (κ1) is 17.5. The minimum absolute atomic E-state index is 0.281. The third-order valence-corrected chi connectivity index (χ3v) is 4.29. The van der Waals surface area contributed by atoms with E-state index >= 15 is 0 Å². The molecule has 0 spiro atoms. The molecule has 1 aliphatic rings. The van der Waals surface area contributed by atoms with Crippen LogP contribution in [0, 0.1) is 0 Å². The smallest absolute Gasteiger partial charge is 0.337 e. The summed E-state index contributed by atoms with van der Waals surface area (Å²) in [6, 6.07) is 6.85. The normalized spacial score (nSPS) is 16.7. The summed E-state index contributed by atoms with van der Waals surface area (Å²) in [5.41, 5.74) is -0.183. The monoisotopic (exact) mass is 352 g/mol. The fourth-order valence-electron chi connectivity index (χ4n) is 3.03. The van der Waals surface area contributed by atoms with Crippen molar-refractivity contribution in [3.8, 4) is 0 Å². The second kappa shape index (κ2) is 7.26. The SMILES string of the molecule is O=C(c1ccccc1C(F)(F)F)N1CCCN(Cc2ccn[nH]2)CC1. The number of amides is 1. The fourth-order valence-corrected chi connectivity index (χ4v) is 3.03. The molecule has 0 radical (unpaired) electrons. The molecule has 25 heavy (non-hydrogen) atoms. The molecule has 1 aromatic carbocycles.